The van der Waals surface area contributed by atoms with Gasteiger partial charge in [-0.25, -0.2) is 4.39 Å². The van der Waals surface area contributed by atoms with E-state index in [1.807, 2.05) is 0 Å². The lowest BCUT2D eigenvalue weighted by Gasteiger charge is -2.02. The Morgan fingerprint density at radius 1 is 1.19 bits per heavy atom. The molecule has 1 N–H and O–H groups in total. The van der Waals surface area contributed by atoms with Crippen molar-refractivity contribution >= 4 is 0 Å². The molecule has 1 heterocycles. The van der Waals surface area contributed by atoms with Crippen molar-refractivity contribution < 1.29 is 9.50 Å². The highest BCUT2D eigenvalue weighted by atomic mass is 19.1. The first-order valence-electron chi connectivity index (χ1n) is 4.64. The van der Waals surface area contributed by atoms with Crippen LogP contribution >= 0.6 is 0 Å². The Hall–Kier alpha value is -1.95. The normalized spacial score (nSPS) is 10.4. The van der Waals surface area contributed by atoms with Gasteiger partial charge in [-0.3, -0.25) is 0 Å². The van der Waals surface area contributed by atoms with Crippen molar-refractivity contribution in [3.63, 3.8) is 0 Å². The van der Waals surface area contributed by atoms with Crippen LogP contribution in [0.2, 0.25) is 0 Å². The summed E-state index contributed by atoms with van der Waals surface area (Å²) in [5.41, 5.74) is 0.714. The first-order chi connectivity index (χ1) is 7.70. The highest BCUT2D eigenvalue weighted by Crippen LogP contribution is 2.19. The molecule has 0 aliphatic heterocycles. The van der Waals surface area contributed by atoms with Gasteiger partial charge >= 0.3 is 0 Å². The number of hydrogen-bond donors (Lipinski definition) is 1. The predicted octanol–water partition coefficient (Wildman–Crippen LogP) is 0.873. The van der Waals surface area contributed by atoms with Crippen LogP contribution in [0.3, 0.4) is 0 Å². The van der Waals surface area contributed by atoms with Crippen LogP contribution in [0.4, 0.5) is 4.39 Å². The quantitative estimate of drug-likeness (QED) is 0.813. The lowest BCUT2D eigenvalue weighted by molar-refractivity contribution is 0.281. The second-order valence-electron chi connectivity index (χ2n) is 3.24. The van der Waals surface area contributed by atoms with E-state index in [4.69, 9.17) is 5.11 Å². The average Bonchev–Trinajstić information content (AvgIpc) is 2.30. The zero-order chi connectivity index (χ0) is 11.5. The molecule has 0 spiro atoms. The maximum Gasteiger partial charge on any atom is 0.206 e. The van der Waals surface area contributed by atoms with Crippen LogP contribution in [-0.2, 0) is 6.61 Å². The molecule has 0 atom stereocenters. The fourth-order valence-electron chi connectivity index (χ4n) is 1.23. The van der Waals surface area contributed by atoms with Crippen LogP contribution in [0.1, 0.15) is 11.4 Å². The fourth-order valence-corrected chi connectivity index (χ4v) is 1.23. The van der Waals surface area contributed by atoms with E-state index in [0.29, 0.717) is 11.4 Å². The molecule has 0 amide bonds. The number of rotatable bonds is 2. The van der Waals surface area contributed by atoms with E-state index in [1.165, 1.54) is 12.1 Å². The molecule has 2 aromatic rings. The molecule has 2 rings (SSSR count). The van der Waals surface area contributed by atoms with Crippen LogP contribution in [-0.4, -0.2) is 25.5 Å². The van der Waals surface area contributed by atoms with E-state index in [0.717, 1.165) is 0 Å². The molecule has 0 saturated heterocycles. The number of nitrogens with zero attached hydrogens (tertiary/aromatic N) is 4. The van der Waals surface area contributed by atoms with Gasteiger partial charge in [0.15, 0.2) is 5.82 Å². The van der Waals surface area contributed by atoms with Crippen LogP contribution in [0.25, 0.3) is 11.4 Å². The van der Waals surface area contributed by atoms with Gasteiger partial charge < -0.3 is 5.11 Å². The van der Waals surface area contributed by atoms with E-state index in [-0.39, 0.29) is 18.0 Å². The molecular weight excluding hydrogens is 211 g/mol. The second kappa shape index (κ2) is 4.28. The van der Waals surface area contributed by atoms with Crippen LogP contribution in [0, 0.1) is 12.7 Å². The van der Waals surface area contributed by atoms with Gasteiger partial charge in [0.1, 0.15) is 5.82 Å². The van der Waals surface area contributed by atoms with Crippen molar-refractivity contribution in [2.24, 2.45) is 0 Å². The summed E-state index contributed by atoms with van der Waals surface area (Å²) < 4.78 is 13.6. The van der Waals surface area contributed by atoms with Gasteiger partial charge in [-0.1, -0.05) is 6.07 Å². The Kier molecular flexibility index (Phi) is 2.82. The van der Waals surface area contributed by atoms with Gasteiger partial charge in [-0.2, -0.15) is 0 Å². The molecule has 0 fully saturated rings. The molecule has 6 heteroatoms. The average molecular weight is 220 g/mol. The lowest BCUT2D eigenvalue weighted by atomic mass is 10.1. The van der Waals surface area contributed by atoms with E-state index < -0.39 is 5.82 Å². The summed E-state index contributed by atoms with van der Waals surface area (Å²) in [7, 11) is 0. The third-order valence-electron chi connectivity index (χ3n) is 2.04. The minimum Gasteiger partial charge on any atom is -0.392 e. The number of halogens is 1. The number of aliphatic hydroxyl groups excluding tert-OH is 1. The molecule has 0 aliphatic carbocycles. The molecule has 0 aliphatic rings. The van der Waals surface area contributed by atoms with Crippen LogP contribution < -0.4 is 0 Å². The van der Waals surface area contributed by atoms with Crippen molar-refractivity contribution in [3.05, 3.63) is 35.4 Å². The largest absolute Gasteiger partial charge is 0.392 e. The number of aromatic nitrogens is 4. The van der Waals surface area contributed by atoms with Crippen molar-refractivity contribution in [1.82, 2.24) is 20.4 Å². The summed E-state index contributed by atoms with van der Waals surface area (Å²) in [5.74, 6) is 0.0581. The molecule has 0 radical (unpaired) electrons. The van der Waals surface area contributed by atoms with Gasteiger partial charge in [0.05, 0.1) is 12.2 Å². The van der Waals surface area contributed by atoms with Crippen molar-refractivity contribution in [2.45, 2.75) is 13.5 Å². The van der Waals surface area contributed by atoms with Crippen molar-refractivity contribution in [1.29, 1.82) is 0 Å². The number of aryl methyl sites for hydroxylation is 1. The predicted molar refractivity (Wildman–Crippen MR) is 53.7 cm³/mol. The molecule has 82 valence electrons. The molecule has 0 unspecified atom stereocenters. The summed E-state index contributed by atoms with van der Waals surface area (Å²) >= 11 is 0. The first kappa shape index (κ1) is 10.6. The maximum absolute atomic E-state index is 13.6. The minimum absolute atomic E-state index is 0.132. The molecule has 1 aromatic carbocycles. The Balaban J connectivity index is 2.44. The van der Waals surface area contributed by atoms with E-state index in [2.05, 4.69) is 20.4 Å². The van der Waals surface area contributed by atoms with Crippen LogP contribution in [0.15, 0.2) is 18.2 Å². The Morgan fingerprint density at radius 2 is 1.88 bits per heavy atom. The molecule has 1 aromatic heterocycles. The fraction of sp³-hybridized carbons (Fsp3) is 0.200. The SMILES string of the molecule is Cc1nnc(-c2ccc(CO)cc2F)nn1. The van der Waals surface area contributed by atoms with Crippen molar-refractivity contribution in [2.75, 3.05) is 0 Å². The minimum atomic E-state index is -0.501. The molecule has 5 nitrogen and oxygen atoms in total. The number of benzene rings is 1. The second-order valence-corrected chi connectivity index (χ2v) is 3.24. The first-order valence-corrected chi connectivity index (χ1v) is 4.64. The van der Waals surface area contributed by atoms with Gasteiger partial charge in [-0.15, -0.1) is 20.4 Å². The number of hydrogen-bond acceptors (Lipinski definition) is 5. The topological polar surface area (TPSA) is 71.8 Å². The van der Waals surface area contributed by atoms with Gasteiger partial charge in [0.25, 0.3) is 0 Å². The van der Waals surface area contributed by atoms with Crippen LogP contribution in [0.5, 0.6) is 0 Å². The molecular formula is C10H9FN4O. The highest BCUT2D eigenvalue weighted by molar-refractivity contribution is 5.55. The monoisotopic (exact) mass is 220 g/mol. The Morgan fingerprint density at radius 3 is 2.44 bits per heavy atom. The number of aliphatic hydroxyl groups is 1. The maximum atomic E-state index is 13.6. The summed E-state index contributed by atoms with van der Waals surface area (Å²) in [5, 5.41) is 23.7. The summed E-state index contributed by atoms with van der Waals surface area (Å²) in [4.78, 5) is 0. The third kappa shape index (κ3) is 2.01. The zero-order valence-electron chi connectivity index (χ0n) is 8.55. The summed E-state index contributed by atoms with van der Waals surface area (Å²) in [6.07, 6.45) is 0. The highest BCUT2D eigenvalue weighted by Gasteiger charge is 2.09. The standard InChI is InChI=1S/C10H9FN4O/c1-6-12-14-10(15-13-6)8-3-2-7(5-16)4-9(8)11/h2-4,16H,5H2,1H3. The van der Waals surface area contributed by atoms with E-state index in [1.54, 1.807) is 13.0 Å². The Bertz CT molecular complexity index is 501. The van der Waals surface area contributed by atoms with Gasteiger partial charge in [-0.05, 0) is 24.6 Å². The zero-order valence-corrected chi connectivity index (χ0v) is 8.55. The third-order valence-corrected chi connectivity index (χ3v) is 2.04. The van der Waals surface area contributed by atoms with Gasteiger partial charge in [0.2, 0.25) is 5.82 Å². The summed E-state index contributed by atoms with van der Waals surface area (Å²) in [6, 6.07) is 4.33. The van der Waals surface area contributed by atoms with Crippen molar-refractivity contribution in [3.8, 4) is 11.4 Å². The molecule has 0 bridgehead atoms. The smallest absolute Gasteiger partial charge is 0.206 e. The summed E-state index contributed by atoms with van der Waals surface area (Å²) in [6.45, 7) is 1.44. The molecule has 16 heavy (non-hydrogen) atoms. The Labute approximate surface area is 91.0 Å². The lowest BCUT2D eigenvalue weighted by Crippen LogP contribution is -2.00. The van der Waals surface area contributed by atoms with E-state index >= 15 is 0 Å². The van der Waals surface area contributed by atoms with Gasteiger partial charge in [0, 0.05) is 0 Å². The van der Waals surface area contributed by atoms with E-state index in [9.17, 15) is 4.39 Å². The molecule has 0 saturated carbocycles.